The monoisotopic (exact) mass is 214 g/mol. The Hall–Kier alpha value is -2.50. The van der Waals surface area contributed by atoms with Gasteiger partial charge in [-0.25, -0.2) is 15.0 Å². The second-order valence-electron chi connectivity index (χ2n) is 3.18. The minimum atomic E-state index is -0.284. The van der Waals surface area contributed by atoms with Crippen LogP contribution < -0.4 is 5.56 Å². The lowest BCUT2D eigenvalue weighted by Crippen LogP contribution is -2.09. The van der Waals surface area contributed by atoms with E-state index in [1.54, 1.807) is 12.3 Å². The van der Waals surface area contributed by atoms with Crippen molar-refractivity contribution in [3.8, 4) is 11.6 Å². The third-order valence-electron chi connectivity index (χ3n) is 2.17. The number of hydrogen-bond donors (Lipinski definition) is 1. The molecule has 0 aliphatic carbocycles. The van der Waals surface area contributed by atoms with Crippen LogP contribution >= 0.6 is 0 Å². The number of nitrogens with zero attached hydrogens (tertiary/aromatic N) is 3. The molecular formula is C10H6N4O2. The molecule has 16 heavy (non-hydrogen) atoms. The maximum Gasteiger partial charge on any atom is 0.275 e. The molecule has 6 heteroatoms. The molecule has 0 fully saturated rings. The van der Waals surface area contributed by atoms with Gasteiger partial charge in [-0.05, 0) is 6.07 Å². The third-order valence-corrected chi connectivity index (χ3v) is 2.17. The van der Waals surface area contributed by atoms with Crippen LogP contribution in [-0.4, -0.2) is 19.9 Å². The van der Waals surface area contributed by atoms with Crippen LogP contribution in [0.15, 0.2) is 40.3 Å². The quantitative estimate of drug-likeness (QED) is 0.652. The average Bonchev–Trinajstić information content (AvgIpc) is 2.82. The zero-order chi connectivity index (χ0) is 11.0. The van der Waals surface area contributed by atoms with E-state index in [9.17, 15) is 4.79 Å². The van der Waals surface area contributed by atoms with Gasteiger partial charge in [0.25, 0.3) is 5.56 Å². The van der Waals surface area contributed by atoms with E-state index in [0.29, 0.717) is 22.5 Å². The molecule has 0 radical (unpaired) electrons. The van der Waals surface area contributed by atoms with Gasteiger partial charge < -0.3 is 9.40 Å². The molecule has 0 amide bonds. The molecule has 0 saturated carbocycles. The van der Waals surface area contributed by atoms with E-state index in [4.69, 9.17) is 4.42 Å². The van der Waals surface area contributed by atoms with Crippen molar-refractivity contribution in [1.82, 2.24) is 19.9 Å². The van der Waals surface area contributed by atoms with E-state index in [1.165, 1.54) is 18.8 Å². The highest BCUT2D eigenvalue weighted by Crippen LogP contribution is 2.15. The first kappa shape index (κ1) is 8.78. The van der Waals surface area contributed by atoms with Crippen molar-refractivity contribution in [2.75, 3.05) is 0 Å². The third kappa shape index (κ3) is 1.28. The predicted molar refractivity (Wildman–Crippen MR) is 55.7 cm³/mol. The minimum Gasteiger partial charge on any atom is -0.443 e. The fourth-order valence-electron chi connectivity index (χ4n) is 1.48. The van der Waals surface area contributed by atoms with Gasteiger partial charge in [-0.2, -0.15) is 0 Å². The summed E-state index contributed by atoms with van der Waals surface area (Å²) in [6, 6.07) is 1.72. The van der Waals surface area contributed by atoms with Crippen molar-refractivity contribution >= 4 is 10.9 Å². The topological polar surface area (TPSA) is 84.7 Å². The lowest BCUT2D eigenvalue weighted by Gasteiger charge is -1.98. The van der Waals surface area contributed by atoms with Crippen molar-refractivity contribution < 1.29 is 4.42 Å². The van der Waals surface area contributed by atoms with Gasteiger partial charge in [0.2, 0.25) is 5.89 Å². The number of aromatic amines is 1. The van der Waals surface area contributed by atoms with Crippen LogP contribution in [-0.2, 0) is 0 Å². The molecule has 3 aromatic heterocycles. The van der Waals surface area contributed by atoms with Crippen molar-refractivity contribution in [3.05, 3.63) is 41.4 Å². The molecule has 0 saturated heterocycles. The first-order valence-corrected chi connectivity index (χ1v) is 4.57. The maximum absolute atomic E-state index is 11.7. The average molecular weight is 214 g/mol. The van der Waals surface area contributed by atoms with Gasteiger partial charge in [0.05, 0.1) is 6.20 Å². The van der Waals surface area contributed by atoms with Gasteiger partial charge in [0.15, 0.2) is 0 Å². The van der Waals surface area contributed by atoms with Gasteiger partial charge >= 0.3 is 0 Å². The molecule has 0 unspecified atom stereocenters. The smallest absolute Gasteiger partial charge is 0.275 e. The van der Waals surface area contributed by atoms with E-state index in [-0.39, 0.29) is 5.56 Å². The van der Waals surface area contributed by atoms with Crippen LogP contribution in [0.5, 0.6) is 0 Å². The zero-order valence-electron chi connectivity index (χ0n) is 8.04. The fourth-order valence-corrected chi connectivity index (χ4v) is 1.48. The lowest BCUT2D eigenvalue weighted by atomic mass is 10.2. The number of aromatic nitrogens is 4. The number of oxazole rings is 1. The molecular weight excluding hydrogens is 208 g/mol. The summed E-state index contributed by atoms with van der Waals surface area (Å²) in [6.07, 6.45) is 5.87. The lowest BCUT2D eigenvalue weighted by molar-refractivity contribution is 0.572. The van der Waals surface area contributed by atoms with Crippen molar-refractivity contribution in [3.63, 3.8) is 0 Å². The van der Waals surface area contributed by atoms with E-state index in [0.717, 1.165) is 0 Å². The number of rotatable bonds is 1. The minimum absolute atomic E-state index is 0.284. The largest absolute Gasteiger partial charge is 0.443 e. The van der Waals surface area contributed by atoms with Crippen molar-refractivity contribution in [1.29, 1.82) is 0 Å². The molecule has 6 nitrogen and oxygen atoms in total. The van der Waals surface area contributed by atoms with Gasteiger partial charge in [0, 0.05) is 11.6 Å². The van der Waals surface area contributed by atoms with Crippen LogP contribution in [0.25, 0.3) is 22.5 Å². The summed E-state index contributed by atoms with van der Waals surface area (Å²) in [7, 11) is 0. The summed E-state index contributed by atoms with van der Waals surface area (Å²) in [4.78, 5) is 26.0. The molecule has 0 aromatic carbocycles. The molecule has 3 heterocycles. The number of hydrogen-bond acceptors (Lipinski definition) is 5. The summed E-state index contributed by atoms with van der Waals surface area (Å²) in [6.45, 7) is 0. The van der Waals surface area contributed by atoms with Crippen LogP contribution in [0.4, 0.5) is 0 Å². The highest BCUT2D eigenvalue weighted by molar-refractivity contribution is 5.79. The van der Waals surface area contributed by atoms with E-state index in [2.05, 4.69) is 19.9 Å². The summed E-state index contributed by atoms with van der Waals surface area (Å²) in [5.74, 6) is 0.364. The molecule has 0 aliphatic rings. The van der Waals surface area contributed by atoms with Gasteiger partial charge in [-0.3, -0.25) is 4.79 Å². The molecule has 0 spiro atoms. The number of fused-ring (bicyclic) bond motifs is 1. The van der Waals surface area contributed by atoms with E-state index < -0.39 is 0 Å². The van der Waals surface area contributed by atoms with Gasteiger partial charge in [-0.1, -0.05) is 0 Å². The summed E-state index contributed by atoms with van der Waals surface area (Å²) < 4.78 is 5.10. The Labute approximate surface area is 89.0 Å². The highest BCUT2D eigenvalue weighted by Gasteiger charge is 2.07. The van der Waals surface area contributed by atoms with Crippen LogP contribution in [0.3, 0.4) is 0 Å². The maximum atomic E-state index is 11.7. The normalized spacial score (nSPS) is 10.8. The highest BCUT2D eigenvalue weighted by atomic mass is 16.3. The Kier molecular flexibility index (Phi) is 1.79. The van der Waals surface area contributed by atoms with Crippen LogP contribution in [0.1, 0.15) is 0 Å². The van der Waals surface area contributed by atoms with Gasteiger partial charge in [0.1, 0.15) is 23.8 Å². The Balaban J connectivity index is 2.34. The number of nitrogens with one attached hydrogen (secondary N) is 1. The SMILES string of the molecule is O=c1[nH]c(-c2ncco2)cc2cncnc12. The predicted octanol–water partition coefficient (Wildman–Crippen LogP) is 0.973. The molecule has 3 aromatic rings. The van der Waals surface area contributed by atoms with Crippen LogP contribution in [0, 0.1) is 0 Å². The Morgan fingerprint density at radius 2 is 2.25 bits per heavy atom. The Morgan fingerprint density at radius 1 is 1.31 bits per heavy atom. The first-order chi connectivity index (χ1) is 7.84. The standard InChI is InChI=1S/C10H6N4O2/c15-9-8-6(4-11-5-13-8)3-7(14-9)10-12-1-2-16-10/h1-5H,(H,14,15). The molecule has 78 valence electrons. The molecule has 0 atom stereocenters. The van der Waals surface area contributed by atoms with E-state index in [1.807, 2.05) is 0 Å². The molecule has 0 aliphatic heterocycles. The van der Waals surface area contributed by atoms with Gasteiger partial charge in [-0.15, -0.1) is 0 Å². The zero-order valence-corrected chi connectivity index (χ0v) is 8.04. The fraction of sp³-hybridized carbons (Fsp3) is 0. The summed E-state index contributed by atoms with van der Waals surface area (Å²) in [5, 5.41) is 0.652. The summed E-state index contributed by atoms with van der Waals surface area (Å²) >= 11 is 0. The molecule has 0 bridgehead atoms. The van der Waals surface area contributed by atoms with E-state index >= 15 is 0 Å². The second kappa shape index (κ2) is 3.27. The van der Waals surface area contributed by atoms with Crippen molar-refractivity contribution in [2.24, 2.45) is 0 Å². The second-order valence-corrected chi connectivity index (χ2v) is 3.18. The number of H-pyrrole nitrogens is 1. The Bertz CT molecular complexity index is 687. The molecule has 3 rings (SSSR count). The van der Waals surface area contributed by atoms with Crippen LogP contribution in [0.2, 0.25) is 0 Å². The number of pyridine rings is 1. The first-order valence-electron chi connectivity index (χ1n) is 4.57. The Morgan fingerprint density at radius 3 is 3.06 bits per heavy atom. The van der Waals surface area contributed by atoms with Crippen molar-refractivity contribution in [2.45, 2.75) is 0 Å². The summed E-state index contributed by atoms with van der Waals surface area (Å²) in [5.41, 5.74) is 0.579. The molecule has 1 N–H and O–H groups in total.